The van der Waals surface area contributed by atoms with E-state index in [0.29, 0.717) is 21.7 Å². The van der Waals surface area contributed by atoms with Crippen LogP contribution >= 0.6 is 23.1 Å². The molecule has 8 heteroatoms. The van der Waals surface area contributed by atoms with Crippen LogP contribution in [0.5, 0.6) is 0 Å². The summed E-state index contributed by atoms with van der Waals surface area (Å²) >= 11 is 2.74. The Hall–Kier alpha value is -1.93. The van der Waals surface area contributed by atoms with Gasteiger partial charge < -0.3 is 10.7 Å². The number of hydrogen-bond donors (Lipinski definition) is 2. The average molecular weight is 291 g/mol. The first-order valence-electron chi connectivity index (χ1n) is 5.39. The highest BCUT2D eigenvalue weighted by molar-refractivity contribution is 8.00. The van der Waals surface area contributed by atoms with E-state index in [-0.39, 0.29) is 5.56 Å². The quantitative estimate of drug-likeness (QED) is 0.552. The molecule has 3 aromatic rings. The van der Waals surface area contributed by atoms with E-state index in [4.69, 9.17) is 5.73 Å². The maximum atomic E-state index is 12.0. The van der Waals surface area contributed by atoms with E-state index in [1.807, 2.05) is 6.92 Å². The number of hydrogen-bond acceptors (Lipinski definition) is 7. The van der Waals surface area contributed by atoms with Gasteiger partial charge in [0, 0.05) is 5.69 Å². The van der Waals surface area contributed by atoms with Crippen LogP contribution < -0.4 is 11.3 Å². The standard InChI is InChI=1S/C11H9N5OS2/c1-5-15-16-11(18-5)19-10-13-8-3-2-6(12)4-7(8)9(17)14-10/h2-4H,12H2,1H3,(H,13,14,17). The first kappa shape index (κ1) is 12.1. The minimum atomic E-state index is -0.207. The number of aryl methyl sites for hydroxylation is 1. The van der Waals surface area contributed by atoms with E-state index in [9.17, 15) is 4.79 Å². The molecule has 0 aliphatic carbocycles. The van der Waals surface area contributed by atoms with Crippen LogP contribution in [0.25, 0.3) is 10.9 Å². The van der Waals surface area contributed by atoms with Crippen molar-refractivity contribution in [1.29, 1.82) is 0 Å². The molecular formula is C11H9N5OS2. The summed E-state index contributed by atoms with van der Waals surface area (Å²) in [4.78, 5) is 19.0. The van der Waals surface area contributed by atoms with Crippen molar-refractivity contribution in [3.63, 3.8) is 0 Å². The molecule has 19 heavy (non-hydrogen) atoms. The number of rotatable bonds is 2. The van der Waals surface area contributed by atoms with Crippen LogP contribution in [0.15, 0.2) is 32.5 Å². The average Bonchev–Trinajstić information content (AvgIpc) is 2.76. The van der Waals surface area contributed by atoms with Gasteiger partial charge in [-0.05, 0) is 36.9 Å². The number of H-pyrrole nitrogens is 1. The molecule has 2 heterocycles. The summed E-state index contributed by atoms with van der Waals surface area (Å²) in [6, 6.07) is 5.07. The van der Waals surface area contributed by atoms with Gasteiger partial charge in [-0.1, -0.05) is 11.3 Å². The second kappa shape index (κ2) is 4.63. The zero-order chi connectivity index (χ0) is 13.4. The van der Waals surface area contributed by atoms with Gasteiger partial charge in [0.25, 0.3) is 5.56 Å². The van der Waals surface area contributed by atoms with E-state index >= 15 is 0 Å². The van der Waals surface area contributed by atoms with Gasteiger partial charge in [-0.2, -0.15) is 0 Å². The Morgan fingerprint density at radius 3 is 2.95 bits per heavy atom. The maximum absolute atomic E-state index is 12.0. The van der Waals surface area contributed by atoms with Crippen molar-refractivity contribution in [2.24, 2.45) is 0 Å². The molecule has 0 unspecified atom stereocenters. The van der Waals surface area contributed by atoms with Gasteiger partial charge in [-0.15, -0.1) is 10.2 Å². The molecule has 6 nitrogen and oxygen atoms in total. The van der Waals surface area contributed by atoms with Gasteiger partial charge >= 0.3 is 0 Å². The highest BCUT2D eigenvalue weighted by Gasteiger charge is 2.08. The van der Waals surface area contributed by atoms with E-state index in [0.717, 1.165) is 9.35 Å². The lowest BCUT2D eigenvalue weighted by molar-refractivity contribution is 0.952. The predicted octanol–water partition coefficient (Wildman–Crippen LogP) is 1.82. The fourth-order valence-corrected chi connectivity index (χ4v) is 3.30. The highest BCUT2D eigenvalue weighted by atomic mass is 32.2. The lowest BCUT2D eigenvalue weighted by Gasteiger charge is -2.01. The molecule has 0 aliphatic rings. The molecule has 0 radical (unpaired) electrons. The van der Waals surface area contributed by atoms with Crippen molar-refractivity contribution in [2.75, 3.05) is 5.73 Å². The van der Waals surface area contributed by atoms with E-state index in [1.54, 1.807) is 18.2 Å². The molecule has 1 aromatic carbocycles. The molecule has 2 aromatic heterocycles. The normalized spacial score (nSPS) is 11.0. The second-order valence-corrected chi connectivity index (χ2v) is 6.25. The first-order chi connectivity index (χ1) is 9.11. The summed E-state index contributed by atoms with van der Waals surface area (Å²) < 4.78 is 0.746. The Morgan fingerprint density at radius 1 is 1.37 bits per heavy atom. The second-order valence-electron chi connectivity index (χ2n) is 3.84. The Balaban J connectivity index is 2.06. The number of nitrogens with zero attached hydrogens (tertiary/aromatic N) is 3. The van der Waals surface area contributed by atoms with Crippen molar-refractivity contribution in [3.8, 4) is 0 Å². The number of anilines is 1. The van der Waals surface area contributed by atoms with Gasteiger partial charge in [0.1, 0.15) is 5.01 Å². The van der Waals surface area contributed by atoms with Gasteiger partial charge in [-0.3, -0.25) is 4.79 Å². The monoisotopic (exact) mass is 291 g/mol. The van der Waals surface area contributed by atoms with Crippen molar-refractivity contribution in [3.05, 3.63) is 33.6 Å². The molecule has 0 bridgehead atoms. The summed E-state index contributed by atoms with van der Waals surface area (Å²) in [6.45, 7) is 1.88. The van der Waals surface area contributed by atoms with Gasteiger partial charge in [0.2, 0.25) is 0 Å². The molecule has 0 fully saturated rings. The number of nitrogens with two attached hydrogens (primary N) is 1. The first-order valence-corrected chi connectivity index (χ1v) is 7.02. The number of benzene rings is 1. The molecule has 0 aliphatic heterocycles. The number of nitrogens with one attached hydrogen (secondary N) is 1. The topological polar surface area (TPSA) is 97.5 Å². The number of nitrogen functional groups attached to an aromatic ring is 1. The lowest BCUT2D eigenvalue weighted by atomic mass is 10.2. The summed E-state index contributed by atoms with van der Waals surface area (Å²) in [5, 5.41) is 9.76. The Morgan fingerprint density at radius 2 is 2.21 bits per heavy atom. The Bertz CT molecular complexity index is 810. The number of aromatic nitrogens is 4. The molecule has 3 rings (SSSR count). The van der Waals surface area contributed by atoms with Crippen LogP contribution in [0.4, 0.5) is 5.69 Å². The maximum Gasteiger partial charge on any atom is 0.259 e. The summed E-state index contributed by atoms with van der Waals surface area (Å²) in [6.07, 6.45) is 0. The van der Waals surface area contributed by atoms with Crippen molar-refractivity contribution in [2.45, 2.75) is 16.4 Å². The highest BCUT2D eigenvalue weighted by Crippen LogP contribution is 2.27. The molecule has 0 spiro atoms. The number of aromatic amines is 1. The molecule has 0 atom stereocenters. The summed E-state index contributed by atoms with van der Waals surface area (Å²) in [5.41, 5.74) is 6.60. The van der Waals surface area contributed by atoms with Crippen molar-refractivity contribution >= 4 is 39.7 Å². The minimum absolute atomic E-state index is 0.207. The third-order valence-electron chi connectivity index (χ3n) is 2.40. The van der Waals surface area contributed by atoms with E-state index in [2.05, 4.69) is 20.2 Å². The summed E-state index contributed by atoms with van der Waals surface area (Å²) in [5.74, 6) is 0. The van der Waals surface area contributed by atoms with Gasteiger partial charge in [0.15, 0.2) is 9.50 Å². The fraction of sp³-hybridized carbons (Fsp3) is 0.0909. The molecular weight excluding hydrogens is 282 g/mol. The zero-order valence-corrected chi connectivity index (χ0v) is 11.5. The third-order valence-corrected chi connectivity index (χ3v) is 4.18. The van der Waals surface area contributed by atoms with Gasteiger partial charge in [0.05, 0.1) is 10.9 Å². The zero-order valence-electron chi connectivity index (χ0n) is 9.88. The predicted molar refractivity (Wildman–Crippen MR) is 75.5 cm³/mol. The van der Waals surface area contributed by atoms with Gasteiger partial charge in [-0.25, -0.2) is 4.98 Å². The van der Waals surface area contributed by atoms with Crippen LogP contribution in [-0.2, 0) is 0 Å². The summed E-state index contributed by atoms with van der Waals surface area (Å²) in [7, 11) is 0. The largest absolute Gasteiger partial charge is 0.399 e. The molecule has 96 valence electrons. The van der Waals surface area contributed by atoms with Crippen LogP contribution in [0.1, 0.15) is 5.01 Å². The van der Waals surface area contributed by atoms with Crippen LogP contribution in [-0.4, -0.2) is 20.2 Å². The smallest absolute Gasteiger partial charge is 0.259 e. The van der Waals surface area contributed by atoms with E-state index in [1.165, 1.54) is 23.1 Å². The van der Waals surface area contributed by atoms with Crippen molar-refractivity contribution in [1.82, 2.24) is 20.2 Å². The Labute approximate surface area is 116 Å². The Kier molecular flexibility index (Phi) is 2.96. The number of fused-ring (bicyclic) bond motifs is 1. The minimum Gasteiger partial charge on any atom is -0.399 e. The van der Waals surface area contributed by atoms with Crippen LogP contribution in [0, 0.1) is 6.92 Å². The van der Waals surface area contributed by atoms with Crippen LogP contribution in [0.3, 0.4) is 0 Å². The lowest BCUT2D eigenvalue weighted by Crippen LogP contribution is -2.09. The fourth-order valence-electron chi connectivity index (χ4n) is 1.59. The molecule has 0 saturated heterocycles. The molecule has 0 amide bonds. The SMILES string of the molecule is Cc1nnc(Sc2nc3ccc(N)cc3c(=O)[nH]2)s1. The molecule has 3 N–H and O–H groups in total. The van der Waals surface area contributed by atoms with Crippen LogP contribution in [0.2, 0.25) is 0 Å². The molecule has 0 saturated carbocycles. The van der Waals surface area contributed by atoms with E-state index < -0.39 is 0 Å². The third kappa shape index (κ3) is 2.45. The van der Waals surface area contributed by atoms with Crippen molar-refractivity contribution < 1.29 is 0 Å².